The van der Waals surface area contributed by atoms with Crippen molar-refractivity contribution in [3.8, 4) is 0 Å². The molecule has 0 heterocycles. The van der Waals surface area contributed by atoms with E-state index in [9.17, 15) is 9.59 Å². The molecule has 0 aliphatic rings. The van der Waals surface area contributed by atoms with E-state index in [1.54, 1.807) is 0 Å². The number of nitrogens with two attached hydrogens (primary N) is 1. The van der Waals surface area contributed by atoms with Crippen LogP contribution in [0.25, 0.3) is 0 Å². The number of hydrogen-bond acceptors (Lipinski definition) is 2. The molecule has 4 heteroatoms. The van der Waals surface area contributed by atoms with Crippen LogP contribution in [-0.4, -0.2) is 18.4 Å². The molecule has 0 aromatic heterocycles. The first-order chi connectivity index (χ1) is 29.0. The molecule has 0 spiro atoms. The molecule has 2 amide bonds. The summed E-state index contributed by atoms with van der Waals surface area (Å²) in [7, 11) is 0. The molecule has 0 aromatic rings. The highest BCUT2D eigenvalue weighted by atomic mass is 16.2. The van der Waals surface area contributed by atoms with Crippen LogP contribution in [0.1, 0.15) is 303 Å². The fourth-order valence-corrected chi connectivity index (χ4v) is 8.93. The molecule has 0 radical (unpaired) electrons. The number of unbranched alkanes of at least 4 members (excludes halogenated alkanes) is 35. The van der Waals surface area contributed by atoms with Gasteiger partial charge in [0.2, 0.25) is 11.8 Å². The lowest BCUT2D eigenvalue weighted by atomic mass is 9.73. The zero-order valence-corrected chi connectivity index (χ0v) is 40.5. The van der Waals surface area contributed by atoms with Crippen LogP contribution in [0.3, 0.4) is 0 Å². The van der Waals surface area contributed by atoms with Gasteiger partial charge in [0, 0.05) is 18.4 Å². The zero-order chi connectivity index (χ0) is 43.0. The Labute approximate surface area is 370 Å². The Kier molecular flexibility index (Phi) is 46.2. The van der Waals surface area contributed by atoms with E-state index < -0.39 is 0 Å². The second-order valence-electron chi connectivity index (χ2n) is 18.8. The van der Waals surface area contributed by atoms with Gasteiger partial charge in [0.1, 0.15) is 0 Å². The number of carbonyl (C=O) groups excluding carboxylic acids is 2. The molecule has 0 rings (SSSR count). The van der Waals surface area contributed by atoms with Crippen LogP contribution in [0.4, 0.5) is 0 Å². The predicted molar refractivity (Wildman–Crippen MR) is 263 cm³/mol. The average molecular weight is 827 g/mol. The molecule has 0 unspecified atom stereocenters. The van der Waals surface area contributed by atoms with Gasteiger partial charge < -0.3 is 11.1 Å². The molecule has 0 saturated carbocycles. The standard InChI is InChI=1S/C55H106N2O2/c1-4-7-10-13-16-19-22-25-27-29-31-34-37-40-43-46-50-55(54(59)57-52-48-53(56)58,49-45-42-39-36-33-24-21-18-15-12-9-6-3)51-47-44-41-38-35-32-30-28-26-23-20-17-14-11-8-5-2/h25-28H,4-24,29-52H2,1-3H3,(H2,56,58)(H,57,59)/b27-25-,28-26-. The fraction of sp³-hybridized carbons (Fsp3) is 0.891. The van der Waals surface area contributed by atoms with Crippen molar-refractivity contribution in [3.63, 3.8) is 0 Å². The highest BCUT2D eigenvalue weighted by Crippen LogP contribution is 2.38. The van der Waals surface area contributed by atoms with Crippen molar-refractivity contribution in [3.05, 3.63) is 24.3 Å². The molecular weight excluding hydrogens is 721 g/mol. The first-order valence-corrected chi connectivity index (χ1v) is 26.9. The Bertz CT molecular complexity index is 884. The molecule has 0 saturated heterocycles. The molecule has 348 valence electrons. The van der Waals surface area contributed by atoms with Crippen molar-refractivity contribution in [1.29, 1.82) is 0 Å². The first kappa shape index (κ1) is 57.4. The second kappa shape index (κ2) is 47.5. The van der Waals surface area contributed by atoms with E-state index >= 15 is 0 Å². The number of hydrogen-bond donors (Lipinski definition) is 2. The lowest BCUT2D eigenvalue weighted by molar-refractivity contribution is -0.132. The van der Waals surface area contributed by atoms with Gasteiger partial charge in [-0.05, 0) is 70.6 Å². The molecule has 0 fully saturated rings. The van der Waals surface area contributed by atoms with E-state index in [-0.39, 0.29) is 23.7 Å². The summed E-state index contributed by atoms with van der Waals surface area (Å²) in [5, 5.41) is 3.20. The largest absolute Gasteiger partial charge is 0.370 e. The average Bonchev–Trinajstić information content (AvgIpc) is 3.23. The van der Waals surface area contributed by atoms with Crippen LogP contribution in [0.15, 0.2) is 24.3 Å². The summed E-state index contributed by atoms with van der Waals surface area (Å²) in [6, 6.07) is 0. The first-order valence-electron chi connectivity index (χ1n) is 26.9. The van der Waals surface area contributed by atoms with Gasteiger partial charge in [0.25, 0.3) is 0 Å². The maximum atomic E-state index is 14.1. The van der Waals surface area contributed by atoms with Crippen molar-refractivity contribution < 1.29 is 9.59 Å². The minimum absolute atomic E-state index is 0.197. The van der Waals surface area contributed by atoms with Crippen molar-refractivity contribution in [2.75, 3.05) is 6.54 Å². The van der Waals surface area contributed by atoms with Gasteiger partial charge in [-0.1, -0.05) is 251 Å². The molecular formula is C55H106N2O2. The summed E-state index contributed by atoms with van der Waals surface area (Å²) in [5.74, 6) is -0.138. The second-order valence-corrected chi connectivity index (χ2v) is 18.8. The number of allylic oxidation sites excluding steroid dienone is 4. The van der Waals surface area contributed by atoms with Crippen LogP contribution < -0.4 is 11.1 Å². The molecule has 0 aliphatic heterocycles. The SMILES string of the molecule is CCCCCCCC/C=C\CCCCCCCCC(CCCCCCCC/C=C\CCCCCCCC)(CCCCCCCCCCCCCC)C(=O)NCCC(N)=O. The van der Waals surface area contributed by atoms with Gasteiger partial charge in [-0.2, -0.15) is 0 Å². The van der Waals surface area contributed by atoms with E-state index in [4.69, 9.17) is 5.73 Å². The summed E-state index contributed by atoms with van der Waals surface area (Å²) in [6.45, 7) is 7.24. The highest BCUT2D eigenvalue weighted by Gasteiger charge is 2.36. The number of amides is 2. The molecule has 0 atom stereocenters. The summed E-state index contributed by atoms with van der Waals surface area (Å²) in [4.78, 5) is 25.7. The third-order valence-electron chi connectivity index (χ3n) is 13.0. The smallest absolute Gasteiger partial charge is 0.226 e. The molecule has 4 nitrogen and oxygen atoms in total. The third-order valence-corrected chi connectivity index (χ3v) is 13.0. The summed E-state index contributed by atoms with van der Waals surface area (Å²) >= 11 is 0. The minimum atomic E-state index is -0.335. The topological polar surface area (TPSA) is 72.2 Å². The van der Waals surface area contributed by atoms with Crippen LogP contribution in [0.5, 0.6) is 0 Å². The van der Waals surface area contributed by atoms with E-state index in [0.29, 0.717) is 6.54 Å². The maximum Gasteiger partial charge on any atom is 0.226 e. The number of primary amides is 1. The van der Waals surface area contributed by atoms with E-state index in [1.807, 2.05) is 0 Å². The van der Waals surface area contributed by atoms with Crippen LogP contribution >= 0.6 is 0 Å². The van der Waals surface area contributed by atoms with E-state index in [1.165, 1.54) is 238 Å². The van der Waals surface area contributed by atoms with Gasteiger partial charge in [-0.15, -0.1) is 0 Å². The maximum absolute atomic E-state index is 14.1. The van der Waals surface area contributed by atoms with E-state index in [2.05, 4.69) is 50.4 Å². The summed E-state index contributed by atoms with van der Waals surface area (Å²) < 4.78 is 0. The number of rotatable bonds is 49. The lowest BCUT2D eigenvalue weighted by Gasteiger charge is -2.33. The van der Waals surface area contributed by atoms with Crippen LogP contribution in [-0.2, 0) is 9.59 Å². The van der Waals surface area contributed by atoms with Crippen molar-refractivity contribution in [2.24, 2.45) is 11.1 Å². The van der Waals surface area contributed by atoms with Crippen molar-refractivity contribution >= 4 is 11.8 Å². The molecule has 3 N–H and O–H groups in total. The Hall–Kier alpha value is -1.58. The normalized spacial score (nSPS) is 12.1. The predicted octanol–water partition coefficient (Wildman–Crippen LogP) is 17.9. The lowest BCUT2D eigenvalue weighted by Crippen LogP contribution is -2.42. The quantitative estimate of drug-likeness (QED) is 0.0474. The van der Waals surface area contributed by atoms with Crippen LogP contribution in [0.2, 0.25) is 0 Å². The van der Waals surface area contributed by atoms with Gasteiger partial charge in [0.05, 0.1) is 0 Å². The Morgan fingerprint density at radius 1 is 0.373 bits per heavy atom. The monoisotopic (exact) mass is 827 g/mol. The Morgan fingerprint density at radius 2 is 0.610 bits per heavy atom. The van der Waals surface area contributed by atoms with Crippen molar-refractivity contribution in [2.45, 2.75) is 303 Å². The summed E-state index contributed by atoms with van der Waals surface area (Å²) in [6.07, 6.45) is 65.5. The van der Waals surface area contributed by atoms with Crippen molar-refractivity contribution in [1.82, 2.24) is 5.32 Å². The van der Waals surface area contributed by atoms with Gasteiger partial charge in [-0.3, -0.25) is 9.59 Å². The van der Waals surface area contributed by atoms with Gasteiger partial charge >= 0.3 is 0 Å². The minimum Gasteiger partial charge on any atom is -0.370 e. The molecule has 0 aromatic carbocycles. The van der Waals surface area contributed by atoms with E-state index in [0.717, 1.165) is 38.5 Å². The third kappa shape index (κ3) is 41.5. The zero-order valence-electron chi connectivity index (χ0n) is 40.5. The molecule has 0 bridgehead atoms. The van der Waals surface area contributed by atoms with Gasteiger partial charge in [0.15, 0.2) is 0 Å². The number of nitrogens with one attached hydrogen (secondary N) is 1. The fourth-order valence-electron chi connectivity index (χ4n) is 8.93. The molecule has 59 heavy (non-hydrogen) atoms. The molecule has 0 aliphatic carbocycles. The summed E-state index contributed by atoms with van der Waals surface area (Å²) in [5.41, 5.74) is 5.17. The Morgan fingerprint density at radius 3 is 0.864 bits per heavy atom. The van der Waals surface area contributed by atoms with Crippen LogP contribution in [0, 0.1) is 5.41 Å². The number of carbonyl (C=O) groups is 2. The Balaban J connectivity index is 4.87. The highest BCUT2D eigenvalue weighted by molar-refractivity contribution is 5.83. The van der Waals surface area contributed by atoms with Gasteiger partial charge in [-0.25, -0.2) is 0 Å².